The van der Waals surface area contributed by atoms with E-state index in [-0.39, 0.29) is 0 Å². The van der Waals surface area contributed by atoms with Gasteiger partial charge < -0.3 is 19.5 Å². The fourth-order valence-electron chi connectivity index (χ4n) is 3.79. The minimum absolute atomic E-state index is 0.503. The van der Waals surface area contributed by atoms with Gasteiger partial charge in [-0.2, -0.15) is 0 Å². The number of hydrogen-bond acceptors (Lipinski definition) is 7. The van der Waals surface area contributed by atoms with Gasteiger partial charge in [0.25, 0.3) is 0 Å². The average Bonchev–Trinajstić information content (AvgIpc) is 2.83. The number of aryl methyl sites for hydroxylation is 1. The van der Waals surface area contributed by atoms with Gasteiger partial charge in [-0.1, -0.05) is 24.3 Å². The minimum atomic E-state index is 0.503. The molecule has 0 amide bonds. The van der Waals surface area contributed by atoms with E-state index in [1.54, 1.807) is 7.11 Å². The molecule has 1 aromatic heterocycles. The van der Waals surface area contributed by atoms with Gasteiger partial charge in [0.15, 0.2) is 0 Å². The van der Waals surface area contributed by atoms with E-state index < -0.39 is 0 Å². The van der Waals surface area contributed by atoms with Crippen molar-refractivity contribution in [3.8, 4) is 22.8 Å². The van der Waals surface area contributed by atoms with Crippen LogP contribution in [0.2, 0.25) is 0 Å². The molecule has 178 valence electrons. The van der Waals surface area contributed by atoms with Crippen molar-refractivity contribution in [2.24, 2.45) is 0 Å². The molecule has 2 aromatic carbocycles. The lowest BCUT2D eigenvalue weighted by Gasteiger charge is -2.19. The van der Waals surface area contributed by atoms with Gasteiger partial charge in [-0.05, 0) is 56.3 Å². The molecule has 34 heavy (non-hydrogen) atoms. The zero-order valence-electron chi connectivity index (χ0n) is 20.1. The third-order valence-corrected chi connectivity index (χ3v) is 5.52. The number of rotatable bonds is 4. The van der Waals surface area contributed by atoms with Crippen molar-refractivity contribution >= 4 is 11.6 Å². The topological polar surface area (TPSA) is 68.7 Å². The lowest BCUT2D eigenvalue weighted by Crippen LogP contribution is -2.19. The monoisotopic (exact) mass is 460 g/mol. The molecule has 7 nitrogen and oxygen atoms in total. The Balaban J connectivity index is 1.69. The molecule has 1 aliphatic heterocycles. The Kier molecular flexibility index (Phi) is 8.12. The van der Waals surface area contributed by atoms with E-state index in [9.17, 15) is 0 Å². The maximum absolute atomic E-state index is 5.98. The van der Waals surface area contributed by atoms with Gasteiger partial charge in [-0.15, -0.1) is 0 Å². The Morgan fingerprint density at radius 1 is 1.12 bits per heavy atom. The molecule has 0 aliphatic carbocycles. The van der Waals surface area contributed by atoms with E-state index in [0.29, 0.717) is 25.8 Å². The molecule has 0 atom stereocenters. The van der Waals surface area contributed by atoms with Crippen molar-refractivity contribution in [3.63, 3.8) is 0 Å². The first-order chi connectivity index (χ1) is 16.6. The molecule has 0 fully saturated rings. The molecular formula is C27H32N4O3. The molecule has 1 aliphatic rings. The highest BCUT2D eigenvalue weighted by Crippen LogP contribution is 2.29. The highest BCUT2D eigenvalue weighted by Gasteiger charge is 2.12. The van der Waals surface area contributed by atoms with Crippen molar-refractivity contribution in [1.82, 2.24) is 14.9 Å². The van der Waals surface area contributed by atoms with Crippen LogP contribution in [-0.4, -0.2) is 55.4 Å². The fourth-order valence-corrected chi connectivity index (χ4v) is 3.79. The Hall–Kier alpha value is -3.42. The van der Waals surface area contributed by atoms with Crippen LogP contribution in [0, 0.1) is 6.92 Å². The van der Waals surface area contributed by atoms with E-state index in [1.165, 1.54) is 0 Å². The minimum Gasteiger partial charge on any atom is -0.493 e. The Morgan fingerprint density at radius 3 is 2.91 bits per heavy atom. The summed E-state index contributed by atoms with van der Waals surface area (Å²) < 4.78 is 17.1. The summed E-state index contributed by atoms with van der Waals surface area (Å²) in [5.74, 6) is 2.23. The summed E-state index contributed by atoms with van der Waals surface area (Å²) in [5.41, 5.74) is 4.88. The Morgan fingerprint density at radius 2 is 2.03 bits per heavy atom. The van der Waals surface area contributed by atoms with Crippen LogP contribution in [0.5, 0.6) is 11.5 Å². The number of benzene rings is 2. The van der Waals surface area contributed by atoms with Gasteiger partial charge in [0.2, 0.25) is 5.95 Å². The number of ether oxygens (including phenoxy) is 3. The standard InChI is InChI=1S/C27H32N4O3/c1-20-18-28-27-29-23-10-11-25(34-15-14-32-3)22(16-23)19-31(2)12-5-4-6-13-33-24-9-7-8-21(17-24)26(20)30-27/h4-5,7-11,16-18H,6,12-15,19H2,1-3H3,(H,28,29,30). The molecule has 0 saturated heterocycles. The normalized spacial score (nSPS) is 14.4. The molecule has 2 heterocycles. The van der Waals surface area contributed by atoms with Gasteiger partial charge in [-0.25, -0.2) is 9.97 Å². The van der Waals surface area contributed by atoms with E-state index >= 15 is 0 Å². The van der Waals surface area contributed by atoms with E-state index in [4.69, 9.17) is 19.2 Å². The van der Waals surface area contributed by atoms with Gasteiger partial charge in [-0.3, -0.25) is 4.90 Å². The van der Waals surface area contributed by atoms with Crippen LogP contribution in [0.25, 0.3) is 11.3 Å². The second-order valence-electron chi connectivity index (χ2n) is 8.35. The zero-order chi connectivity index (χ0) is 23.8. The van der Waals surface area contributed by atoms with E-state index in [2.05, 4.69) is 40.5 Å². The predicted molar refractivity (Wildman–Crippen MR) is 135 cm³/mol. The first-order valence-corrected chi connectivity index (χ1v) is 11.5. The van der Waals surface area contributed by atoms with E-state index in [1.807, 2.05) is 49.5 Å². The lowest BCUT2D eigenvalue weighted by atomic mass is 10.1. The van der Waals surface area contributed by atoms with Crippen LogP contribution in [0.1, 0.15) is 17.5 Å². The van der Waals surface area contributed by atoms with Gasteiger partial charge in [0.05, 0.1) is 18.9 Å². The summed E-state index contributed by atoms with van der Waals surface area (Å²) in [6.07, 6.45) is 7.04. The summed E-state index contributed by atoms with van der Waals surface area (Å²) >= 11 is 0. The first kappa shape index (κ1) is 23.7. The van der Waals surface area contributed by atoms with Crippen molar-refractivity contribution < 1.29 is 14.2 Å². The fraction of sp³-hybridized carbons (Fsp3) is 0.333. The maximum atomic E-state index is 5.98. The third-order valence-electron chi connectivity index (χ3n) is 5.52. The molecule has 6 bridgehead atoms. The molecule has 1 N–H and O–H groups in total. The summed E-state index contributed by atoms with van der Waals surface area (Å²) in [6, 6.07) is 14.1. The number of nitrogens with zero attached hydrogens (tertiary/aromatic N) is 3. The summed E-state index contributed by atoms with van der Waals surface area (Å²) in [7, 11) is 3.77. The van der Waals surface area contributed by atoms with Crippen LogP contribution in [-0.2, 0) is 11.3 Å². The second-order valence-corrected chi connectivity index (χ2v) is 8.35. The van der Waals surface area contributed by atoms with Crippen molar-refractivity contribution in [2.75, 3.05) is 45.8 Å². The summed E-state index contributed by atoms with van der Waals surface area (Å²) in [4.78, 5) is 11.6. The van der Waals surface area contributed by atoms with Gasteiger partial charge >= 0.3 is 0 Å². The molecule has 0 spiro atoms. The summed E-state index contributed by atoms with van der Waals surface area (Å²) in [5, 5.41) is 3.37. The number of methoxy groups -OCH3 is 1. The SMILES string of the molecule is COCCOc1ccc2cc1CN(C)CC=CCCOc1cccc(c1)-c1nc(ncc1C)N2. The van der Waals surface area contributed by atoms with Crippen molar-refractivity contribution in [3.05, 3.63) is 71.9 Å². The highest BCUT2D eigenvalue weighted by atomic mass is 16.5. The number of anilines is 2. The number of nitrogens with one attached hydrogen (secondary N) is 1. The number of fused-ring (bicyclic) bond motifs is 7. The van der Waals surface area contributed by atoms with Crippen LogP contribution in [0.3, 0.4) is 0 Å². The van der Waals surface area contributed by atoms with Gasteiger partial charge in [0.1, 0.15) is 18.1 Å². The third kappa shape index (κ3) is 6.34. The van der Waals surface area contributed by atoms with Crippen LogP contribution in [0.15, 0.2) is 60.8 Å². The average molecular weight is 461 g/mol. The zero-order valence-corrected chi connectivity index (χ0v) is 20.1. The predicted octanol–water partition coefficient (Wildman–Crippen LogP) is 4.99. The molecular weight excluding hydrogens is 428 g/mol. The molecule has 0 radical (unpaired) electrons. The highest BCUT2D eigenvalue weighted by molar-refractivity contribution is 5.67. The van der Waals surface area contributed by atoms with Crippen LogP contribution < -0.4 is 14.8 Å². The Labute approximate surface area is 201 Å². The van der Waals surface area contributed by atoms with Gasteiger partial charge in [0, 0.05) is 43.2 Å². The van der Waals surface area contributed by atoms with Crippen molar-refractivity contribution in [2.45, 2.75) is 19.9 Å². The molecule has 0 unspecified atom stereocenters. The second kappa shape index (κ2) is 11.6. The van der Waals surface area contributed by atoms with E-state index in [0.717, 1.165) is 59.1 Å². The smallest absolute Gasteiger partial charge is 0.227 e. The molecule has 3 aromatic rings. The first-order valence-electron chi connectivity index (χ1n) is 11.5. The molecule has 7 heteroatoms. The number of likely N-dealkylation sites (N-methyl/N-ethyl adjacent to an activating group) is 1. The summed E-state index contributed by atoms with van der Waals surface area (Å²) in [6.45, 7) is 5.26. The quantitative estimate of drug-likeness (QED) is 0.434. The number of aromatic nitrogens is 2. The Bertz CT molecular complexity index is 1130. The molecule has 0 saturated carbocycles. The number of hydrogen-bond donors (Lipinski definition) is 1. The van der Waals surface area contributed by atoms with Crippen LogP contribution in [0.4, 0.5) is 11.6 Å². The van der Waals surface area contributed by atoms with Crippen molar-refractivity contribution in [1.29, 1.82) is 0 Å². The van der Waals surface area contributed by atoms with Crippen LogP contribution >= 0.6 is 0 Å². The maximum Gasteiger partial charge on any atom is 0.227 e. The lowest BCUT2D eigenvalue weighted by molar-refractivity contribution is 0.145. The molecule has 4 rings (SSSR count). The largest absolute Gasteiger partial charge is 0.493 e.